The molecule has 2 rings (SSSR count). The van der Waals surface area contributed by atoms with Gasteiger partial charge >= 0.3 is 6.03 Å². The van der Waals surface area contributed by atoms with Gasteiger partial charge in [0, 0.05) is 25.6 Å². The number of ether oxygens (including phenoxy) is 1. The molecule has 0 aromatic carbocycles. The Morgan fingerprint density at radius 2 is 2.09 bits per heavy atom. The van der Waals surface area contributed by atoms with Crippen LogP contribution in [-0.4, -0.2) is 43.8 Å². The lowest BCUT2D eigenvalue weighted by Gasteiger charge is -2.40. The van der Waals surface area contributed by atoms with Gasteiger partial charge in [-0.2, -0.15) is 0 Å². The van der Waals surface area contributed by atoms with Crippen LogP contribution in [0.5, 0.6) is 0 Å². The molecule has 0 aromatic heterocycles. The molecular formula is C17H31N3O3. The molecule has 0 aliphatic carbocycles. The molecule has 2 heterocycles. The van der Waals surface area contributed by atoms with E-state index in [1.54, 1.807) is 0 Å². The van der Waals surface area contributed by atoms with Gasteiger partial charge in [-0.3, -0.25) is 4.79 Å². The quantitative estimate of drug-likeness (QED) is 0.738. The number of hydrogen-bond donors (Lipinski definition) is 3. The molecule has 0 unspecified atom stereocenters. The molecule has 2 aliphatic rings. The number of piperidine rings is 1. The number of urea groups is 1. The van der Waals surface area contributed by atoms with E-state index in [1.807, 2.05) is 6.92 Å². The topological polar surface area (TPSA) is 79.5 Å². The fourth-order valence-corrected chi connectivity index (χ4v) is 3.59. The summed E-state index contributed by atoms with van der Waals surface area (Å²) in [4.78, 5) is 24.0. The van der Waals surface area contributed by atoms with Gasteiger partial charge in [0.05, 0.1) is 6.10 Å². The highest BCUT2D eigenvalue weighted by atomic mass is 16.5. The maximum absolute atomic E-state index is 12.2. The van der Waals surface area contributed by atoms with Crippen LogP contribution < -0.4 is 16.0 Å². The minimum atomic E-state index is -0.440. The van der Waals surface area contributed by atoms with E-state index in [4.69, 9.17) is 4.74 Å². The maximum atomic E-state index is 12.2. The largest absolute Gasteiger partial charge is 0.377 e. The molecule has 6 nitrogen and oxygen atoms in total. The Kier molecular flexibility index (Phi) is 5.89. The summed E-state index contributed by atoms with van der Waals surface area (Å²) in [5.41, 5.74) is 0.0566. The molecule has 23 heavy (non-hydrogen) atoms. The van der Waals surface area contributed by atoms with E-state index < -0.39 is 6.04 Å². The number of amides is 3. The summed E-state index contributed by atoms with van der Waals surface area (Å²) in [5, 5.41) is 8.54. The fourth-order valence-electron chi connectivity index (χ4n) is 3.59. The summed E-state index contributed by atoms with van der Waals surface area (Å²) >= 11 is 0. The highest BCUT2D eigenvalue weighted by Gasteiger charge is 2.36. The van der Waals surface area contributed by atoms with Crippen LogP contribution in [0.25, 0.3) is 0 Å². The minimum absolute atomic E-state index is 0.0566. The summed E-state index contributed by atoms with van der Waals surface area (Å²) < 4.78 is 5.94. The van der Waals surface area contributed by atoms with E-state index in [0.717, 1.165) is 25.9 Å². The second kappa shape index (κ2) is 7.51. The third kappa shape index (κ3) is 4.83. The SMILES string of the molecule is C[C@@H]1CCNC(=O)[C@@H]1NC(=O)NC[C@H]1CCCO[C@@H]1C(C)(C)C. The Morgan fingerprint density at radius 3 is 2.74 bits per heavy atom. The van der Waals surface area contributed by atoms with Crippen molar-refractivity contribution in [2.24, 2.45) is 17.3 Å². The zero-order valence-corrected chi connectivity index (χ0v) is 14.8. The van der Waals surface area contributed by atoms with E-state index in [-0.39, 0.29) is 29.4 Å². The van der Waals surface area contributed by atoms with Crippen molar-refractivity contribution in [1.29, 1.82) is 0 Å². The van der Waals surface area contributed by atoms with Crippen molar-refractivity contribution in [3.05, 3.63) is 0 Å². The molecule has 2 saturated heterocycles. The molecule has 3 amide bonds. The van der Waals surface area contributed by atoms with Gasteiger partial charge < -0.3 is 20.7 Å². The number of hydrogen-bond acceptors (Lipinski definition) is 3. The minimum Gasteiger partial charge on any atom is -0.377 e. The Hall–Kier alpha value is -1.30. The summed E-state index contributed by atoms with van der Waals surface area (Å²) in [6.07, 6.45) is 3.12. The predicted octanol–water partition coefficient (Wildman–Crippen LogP) is 1.65. The Bertz CT molecular complexity index is 433. The molecule has 4 atom stereocenters. The first-order chi connectivity index (χ1) is 10.8. The van der Waals surface area contributed by atoms with Crippen LogP contribution in [0.15, 0.2) is 0 Å². The van der Waals surface area contributed by atoms with E-state index >= 15 is 0 Å². The molecule has 2 aliphatic heterocycles. The van der Waals surface area contributed by atoms with Crippen LogP contribution in [0.1, 0.15) is 47.0 Å². The number of rotatable bonds is 3. The Balaban J connectivity index is 1.84. The molecule has 0 radical (unpaired) electrons. The molecule has 0 aromatic rings. The highest BCUT2D eigenvalue weighted by Crippen LogP contribution is 2.33. The van der Waals surface area contributed by atoms with Gasteiger partial charge in [0.2, 0.25) is 5.91 Å². The van der Waals surface area contributed by atoms with Gasteiger partial charge in [0.1, 0.15) is 6.04 Å². The Labute approximate surface area is 139 Å². The zero-order chi connectivity index (χ0) is 17.0. The molecule has 132 valence electrons. The van der Waals surface area contributed by atoms with Crippen molar-refractivity contribution in [2.75, 3.05) is 19.7 Å². The van der Waals surface area contributed by atoms with Crippen LogP contribution in [0, 0.1) is 17.3 Å². The second-order valence-corrected chi connectivity index (χ2v) is 7.95. The normalized spacial score (nSPS) is 32.1. The van der Waals surface area contributed by atoms with E-state index in [0.29, 0.717) is 19.0 Å². The lowest BCUT2D eigenvalue weighted by atomic mass is 9.78. The van der Waals surface area contributed by atoms with E-state index in [2.05, 4.69) is 36.7 Å². The first-order valence-electron chi connectivity index (χ1n) is 8.72. The average Bonchev–Trinajstić information content (AvgIpc) is 2.48. The van der Waals surface area contributed by atoms with Crippen molar-refractivity contribution in [2.45, 2.75) is 59.1 Å². The molecule has 0 spiro atoms. The van der Waals surface area contributed by atoms with Gasteiger partial charge in [-0.1, -0.05) is 27.7 Å². The Morgan fingerprint density at radius 1 is 1.35 bits per heavy atom. The van der Waals surface area contributed by atoms with E-state index in [1.165, 1.54) is 0 Å². The monoisotopic (exact) mass is 325 g/mol. The number of carbonyl (C=O) groups excluding carboxylic acids is 2. The molecule has 0 saturated carbocycles. The van der Waals surface area contributed by atoms with Gasteiger partial charge in [0.15, 0.2) is 0 Å². The number of carbonyl (C=O) groups is 2. The summed E-state index contributed by atoms with van der Waals surface area (Å²) in [7, 11) is 0. The van der Waals surface area contributed by atoms with E-state index in [9.17, 15) is 9.59 Å². The first kappa shape index (κ1) is 18.0. The van der Waals surface area contributed by atoms with Crippen molar-refractivity contribution < 1.29 is 14.3 Å². The smallest absolute Gasteiger partial charge is 0.315 e. The lowest BCUT2D eigenvalue weighted by molar-refractivity contribution is -0.125. The number of nitrogens with one attached hydrogen (secondary N) is 3. The zero-order valence-electron chi connectivity index (χ0n) is 14.8. The van der Waals surface area contributed by atoms with Crippen LogP contribution in [0.2, 0.25) is 0 Å². The van der Waals surface area contributed by atoms with Gasteiger partial charge in [-0.25, -0.2) is 4.79 Å². The first-order valence-corrected chi connectivity index (χ1v) is 8.72. The third-order valence-corrected chi connectivity index (χ3v) is 4.86. The molecule has 0 bridgehead atoms. The molecular weight excluding hydrogens is 294 g/mol. The predicted molar refractivity (Wildman–Crippen MR) is 89.0 cm³/mol. The molecule has 3 N–H and O–H groups in total. The fraction of sp³-hybridized carbons (Fsp3) is 0.882. The summed E-state index contributed by atoms with van der Waals surface area (Å²) in [6.45, 7) is 10.6. The van der Waals surface area contributed by atoms with Gasteiger partial charge in [-0.05, 0) is 30.6 Å². The van der Waals surface area contributed by atoms with Crippen LogP contribution in [0.4, 0.5) is 4.79 Å². The maximum Gasteiger partial charge on any atom is 0.315 e. The van der Waals surface area contributed by atoms with Gasteiger partial charge in [0.25, 0.3) is 0 Å². The second-order valence-electron chi connectivity index (χ2n) is 7.95. The molecule has 6 heteroatoms. The van der Waals surface area contributed by atoms with Crippen LogP contribution in [-0.2, 0) is 9.53 Å². The van der Waals surface area contributed by atoms with Crippen molar-refractivity contribution in [3.63, 3.8) is 0 Å². The van der Waals surface area contributed by atoms with Crippen molar-refractivity contribution >= 4 is 11.9 Å². The summed E-state index contributed by atoms with van der Waals surface area (Å²) in [6, 6.07) is -0.707. The molecule has 2 fully saturated rings. The summed E-state index contributed by atoms with van der Waals surface area (Å²) in [5.74, 6) is 0.384. The van der Waals surface area contributed by atoms with Crippen LogP contribution >= 0.6 is 0 Å². The standard InChI is InChI=1S/C17H31N3O3/c1-11-7-8-18-15(21)13(11)20-16(22)19-10-12-6-5-9-23-14(12)17(2,3)4/h11-14H,5-10H2,1-4H3,(H,18,21)(H2,19,20,22)/t11-,12-,13-,14+/m1/s1. The lowest BCUT2D eigenvalue weighted by Crippen LogP contribution is -2.57. The van der Waals surface area contributed by atoms with Crippen molar-refractivity contribution in [3.8, 4) is 0 Å². The van der Waals surface area contributed by atoms with Crippen molar-refractivity contribution in [1.82, 2.24) is 16.0 Å². The van der Waals surface area contributed by atoms with Crippen LogP contribution in [0.3, 0.4) is 0 Å². The highest BCUT2D eigenvalue weighted by molar-refractivity contribution is 5.87. The third-order valence-electron chi connectivity index (χ3n) is 4.86. The van der Waals surface area contributed by atoms with Gasteiger partial charge in [-0.15, -0.1) is 0 Å². The average molecular weight is 325 g/mol.